The zero-order chi connectivity index (χ0) is 21.5. The second kappa shape index (κ2) is 8.34. The van der Waals surface area contributed by atoms with Crippen LogP contribution in [0.25, 0.3) is 11.0 Å². The van der Waals surface area contributed by atoms with E-state index >= 15 is 0 Å². The third-order valence-electron chi connectivity index (χ3n) is 7.68. The Labute approximate surface area is 181 Å². The second-order valence-corrected chi connectivity index (χ2v) is 9.53. The molecule has 1 aromatic carbocycles. The van der Waals surface area contributed by atoms with Gasteiger partial charge >= 0.3 is 5.97 Å². The molecule has 1 unspecified atom stereocenters. The Morgan fingerprint density at radius 1 is 0.935 bits per heavy atom. The topological polar surface area (TPSA) is 75.4 Å². The number of carboxylic acid groups (broad SMARTS) is 1. The van der Waals surface area contributed by atoms with Crippen LogP contribution in [0.2, 0.25) is 0 Å². The number of aromatic nitrogens is 2. The number of rotatable bonds is 3. The Kier molecular flexibility index (Phi) is 5.54. The summed E-state index contributed by atoms with van der Waals surface area (Å²) < 4.78 is 15.6. The molecule has 2 aromatic rings. The zero-order valence-electron chi connectivity index (χ0n) is 17.8. The van der Waals surface area contributed by atoms with Gasteiger partial charge in [-0.1, -0.05) is 32.1 Å². The third-order valence-corrected chi connectivity index (χ3v) is 7.68. The standard InChI is InChI=1S/C24H30FN3O3/c25-15-8-11-20-21(12-15)28(23(29)22(26-20)24(30)31)19-13-17-9-10-18(14-19)27(17)16-6-4-2-1-3-5-7-16/h8,11-12,16-19H,1-7,9-10,13-14H2,(H,30,31)/t17-,18+,19?. The lowest BCUT2D eigenvalue weighted by Gasteiger charge is -2.45. The molecule has 7 heteroatoms. The fraction of sp³-hybridized carbons (Fsp3) is 0.625. The number of fused-ring (bicyclic) bond motifs is 3. The lowest BCUT2D eigenvalue weighted by atomic mass is 9.89. The van der Waals surface area contributed by atoms with Crippen LogP contribution in [0, 0.1) is 5.82 Å². The summed E-state index contributed by atoms with van der Waals surface area (Å²) in [6.07, 6.45) is 12.9. The highest BCUT2D eigenvalue weighted by Gasteiger charge is 2.44. The molecule has 1 saturated carbocycles. The van der Waals surface area contributed by atoms with Crippen molar-refractivity contribution in [3.05, 3.63) is 40.1 Å². The number of benzene rings is 1. The monoisotopic (exact) mass is 427 g/mol. The van der Waals surface area contributed by atoms with Crippen LogP contribution in [0.5, 0.6) is 0 Å². The first kappa shape index (κ1) is 20.6. The normalized spacial score (nSPS) is 27.8. The largest absolute Gasteiger partial charge is 0.476 e. The summed E-state index contributed by atoms with van der Waals surface area (Å²) in [5.74, 6) is -1.78. The molecule has 0 spiro atoms. The lowest BCUT2D eigenvalue weighted by molar-refractivity contribution is 0.0495. The van der Waals surface area contributed by atoms with Crippen molar-refractivity contribution in [3.8, 4) is 0 Å². The van der Waals surface area contributed by atoms with Crippen molar-refractivity contribution in [1.82, 2.24) is 14.5 Å². The highest BCUT2D eigenvalue weighted by molar-refractivity contribution is 5.88. The first-order chi connectivity index (χ1) is 15.0. The van der Waals surface area contributed by atoms with Crippen LogP contribution >= 0.6 is 0 Å². The molecule has 3 aliphatic rings. The second-order valence-electron chi connectivity index (χ2n) is 9.53. The number of nitrogens with zero attached hydrogens (tertiary/aromatic N) is 3. The Bertz CT molecular complexity index is 1030. The highest BCUT2D eigenvalue weighted by Crippen LogP contribution is 2.44. The maximum atomic E-state index is 14.0. The van der Waals surface area contributed by atoms with Crippen molar-refractivity contribution in [2.75, 3.05) is 0 Å². The van der Waals surface area contributed by atoms with Crippen LogP contribution in [0.4, 0.5) is 4.39 Å². The number of aromatic carboxylic acids is 1. The van der Waals surface area contributed by atoms with Gasteiger partial charge in [0, 0.05) is 24.2 Å². The molecule has 2 bridgehead atoms. The Morgan fingerprint density at radius 3 is 2.23 bits per heavy atom. The number of carboxylic acids is 1. The van der Waals surface area contributed by atoms with E-state index in [4.69, 9.17) is 0 Å². The molecule has 5 rings (SSSR count). The molecule has 166 valence electrons. The van der Waals surface area contributed by atoms with E-state index in [1.54, 1.807) is 0 Å². The number of hydrogen-bond acceptors (Lipinski definition) is 4. The molecular weight excluding hydrogens is 397 g/mol. The van der Waals surface area contributed by atoms with Crippen LogP contribution in [-0.4, -0.2) is 43.7 Å². The molecule has 31 heavy (non-hydrogen) atoms. The van der Waals surface area contributed by atoms with Crippen molar-refractivity contribution in [3.63, 3.8) is 0 Å². The van der Waals surface area contributed by atoms with Crippen LogP contribution in [0.3, 0.4) is 0 Å². The van der Waals surface area contributed by atoms with Crippen LogP contribution in [-0.2, 0) is 0 Å². The fourth-order valence-electron chi connectivity index (χ4n) is 6.40. The number of piperidine rings is 1. The minimum absolute atomic E-state index is 0.125. The van der Waals surface area contributed by atoms with Gasteiger partial charge in [0.25, 0.3) is 5.56 Å². The summed E-state index contributed by atoms with van der Waals surface area (Å²) in [4.78, 5) is 31.5. The van der Waals surface area contributed by atoms with Gasteiger partial charge in [-0.15, -0.1) is 0 Å². The third kappa shape index (κ3) is 3.77. The minimum Gasteiger partial charge on any atom is -0.476 e. The van der Waals surface area contributed by atoms with E-state index in [0.29, 0.717) is 29.2 Å². The van der Waals surface area contributed by atoms with E-state index in [1.165, 1.54) is 67.7 Å². The van der Waals surface area contributed by atoms with Crippen LogP contribution in [0.1, 0.15) is 87.2 Å². The van der Waals surface area contributed by atoms with Gasteiger partial charge in [0.2, 0.25) is 5.69 Å². The average molecular weight is 428 g/mol. The maximum Gasteiger partial charge on any atom is 0.360 e. The summed E-state index contributed by atoms with van der Waals surface area (Å²) in [7, 11) is 0. The number of hydrogen-bond donors (Lipinski definition) is 1. The van der Waals surface area contributed by atoms with Crippen molar-refractivity contribution in [2.45, 2.75) is 94.8 Å². The molecule has 2 aliphatic heterocycles. The first-order valence-electron chi connectivity index (χ1n) is 11.8. The van der Waals surface area contributed by atoms with E-state index in [-0.39, 0.29) is 6.04 Å². The van der Waals surface area contributed by atoms with Gasteiger partial charge in [-0.25, -0.2) is 14.2 Å². The Morgan fingerprint density at radius 2 is 1.58 bits per heavy atom. The van der Waals surface area contributed by atoms with Gasteiger partial charge < -0.3 is 9.67 Å². The molecule has 6 nitrogen and oxygen atoms in total. The lowest BCUT2D eigenvalue weighted by Crippen LogP contribution is -2.50. The van der Waals surface area contributed by atoms with Crippen molar-refractivity contribution < 1.29 is 14.3 Å². The van der Waals surface area contributed by atoms with Gasteiger partial charge in [-0.2, -0.15) is 0 Å². The highest BCUT2D eigenvalue weighted by atomic mass is 19.1. The zero-order valence-corrected chi connectivity index (χ0v) is 17.8. The Balaban J connectivity index is 1.50. The van der Waals surface area contributed by atoms with Gasteiger partial charge in [0.05, 0.1) is 11.0 Å². The molecule has 3 heterocycles. The molecule has 1 aromatic heterocycles. The van der Waals surface area contributed by atoms with Gasteiger partial charge in [0.15, 0.2) is 0 Å². The summed E-state index contributed by atoms with van der Waals surface area (Å²) in [6, 6.07) is 5.35. The van der Waals surface area contributed by atoms with Crippen LogP contribution in [0.15, 0.2) is 23.0 Å². The number of carbonyl (C=O) groups is 1. The van der Waals surface area contributed by atoms with Crippen molar-refractivity contribution in [2.24, 2.45) is 0 Å². The molecule has 3 atom stereocenters. The molecule has 1 aliphatic carbocycles. The van der Waals surface area contributed by atoms with Crippen LogP contribution < -0.4 is 5.56 Å². The molecular formula is C24H30FN3O3. The average Bonchev–Trinajstić information content (AvgIpc) is 2.96. The molecule has 0 amide bonds. The summed E-state index contributed by atoms with van der Waals surface area (Å²) in [5.41, 5.74) is -0.338. The van der Waals surface area contributed by atoms with Crippen molar-refractivity contribution >= 4 is 17.0 Å². The minimum atomic E-state index is -1.33. The molecule has 1 N–H and O–H groups in total. The van der Waals surface area contributed by atoms with E-state index in [2.05, 4.69) is 9.88 Å². The summed E-state index contributed by atoms with van der Waals surface area (Å²) in [6.45, 7) is 0. The van der Waals surface area contributed by atoms with E-state index in [9.17, 15) is 19.1 Å². The number of halogens is 1. The van der Waals surface area contributed by atoms with E-state index in [0.717, 1.165) is 25.7 Å². The van der Waals surface area contributed by atoms with Crippen molar-refractivity contribution in [1.29, 1.82) is 0 Å². The smallest absolute Gasteiger partial charge is 0.360 e. The van der Waals surface area contributed by atoms with Gasteiger partial charge in [0.1, 0.15) is 5.82 Å². The first-order valence-corrected chi connectivity index (χ1v) is 11.8. The molecule has 3 fully saturated rings. The molecule has 2 saturated heterocycles. The Hall–Kier alpha value is -2.28. The van der Waals surface area contributed by atoms with Gasteiger partial charge in [-0.05, 0) is 56.7 Å². The predicted molar refractivity (Wildman–Crippen MR) is 116 cm³/mol. The summed E-state index contributed by atoms with van der Waals surface area (Å²) >= 11 is 0. The quantitative estimate of drug-likeness (QED) is 0.780. The SMILES string of the molecule is O=C(O)c1nc2ccc(F)cc2n(C2C[C@H]3CC[C@@H](C2)N3C2CCCCCCC2)c1=O. The fourth-order valence-corrected chi connectivity index (χ4v) is 6.40. The molecule has 0 radical (unpaired) electrons. The van der Waals surface area contributed by atoms with E-state index in [1.807, 2.05) is 0 Å². The summed E-state index contributed by atoms with van der Waals surface area (Å²) in [5, 5.41) is 9.52. The van der Waals surface area contributed by atoms with E-state index < -0.39 is 23.0 Å². The maximum absolute atomic E-state index is 14.0. The predicted octanol–water partition coefficient (Wildman–Crippen LogP) is 4.51. The van der Waals surface area contributed by atoms with Gasteiger partial charge in [-0.3, -0.25) is 9.69 Å².